The first-order chi connectivity index (χ1) is 4.86. The van der Waals surface area contributed by atoms with Gasteiger partial charge < -0.3 is 11.5 Å². The Labute approximate surface area is 110 Å². The molecular formula is C8H11KN2. The molecule has 4 N–H and O–H groups in total. The van der Waals surface area contributed by atoms with Gasteiger partial charge in [0.05, 0.1) is 0 Å². The van der Waals surface area contributed by atoms with Gasteiger partial charge in [0.2, 0.25) is 0 Å². The number of benzene rings is 1. The summed E-state index contributed by atoms with van der Waals surface area (Å²) in [6.45, 7) is 1.11. The van der Waals surface area contributed by atoms with E-state index < -0.39 is 0 Å². The van der Waals surface area contributed by atoms with Crippen molar-refractivity contribution in [3.05, 3.63) is 35.4 Å². The fourth-order valence-corrected chi connectivity index (χ4v) is 0.814. The fraction of sp³-hybridized carbons (Fsp3) is 0.250. The summed E-state index contributed by atoms with van der Waals surface area (Å²) in [6.07, 6.45) is 0. The molecule has 54 valence electrons. The SMILES string of the molecule is NCc1[c-]ccc(CN)c1.[K+]. The molecule has 0 radical (unpaired) electrons. The van der Waals surface area contributed by atoms with Crippen molar-refractivity contribution in [1.29, 1.82) is 0 Å². The number of hydrogen-bond acceptors (Lipinski definition) is 2. The van der Waals surface area contributed by atoms with E-state index in [0.717, 1.165) is 11.1 Å². The third-order valence-corrected chi connectivity index (χ3v) is 1.38. The van der Waals surface area contributed by atoms with Gasteiger partial charge in [0.25, 0.3) is 0 Å². The van der Waals surface area contributed by atoms with E-state index in [1.807, 2.05) is 18.2 Å². The van der Waals surface area contributed by atoms with Crippen molar-refractivity contribution >= 4 is 0 Å². The quantitative estimate of drug-likeness (QED) is 0.382. The minimum atomic E-state index is 0. The predicted molar refractivity (Wildman–Crippen MR) is 41.1 cm³/mol. The van der Waals surface area contributed by atoms with Crippen LogP contribution in [0.3, 0.4) is 0 Å². The molecule has 3 heteroatoms. The van der Waals surface area contributed by atoms with E-state index >= 15 is 0 Å². The van der Waals surface area contributed by atoms with Crippen molar-refractivity contribution in [2.24, 2.45) is 11.5 Å². The van der Waals surface area contributed by atoms with Crippen LogP contribution in [0.15, 0.2) is 18.2 Å². The molecule has 11 heavy (non-hydrogen) atoms. The Morgan fingerprint density at radius 3 is 2.55 bits per heavy atom. The van der Waals surface area contributed by atoms with E-state index in [4.69, 9.17) is 11.5 Å². The van der Waals surface area contributed by atoms with Gasteiger partial charge in [-0.25, -0.2) is 0 Å². The number of rotatable bonds is 2. The first-order valence-electron chi connectivity index (χ1n) is 3.26. The van der Waals surface area contributed by atoms with Crippen molar-refractivity contribution in [3.63, 3.8) is 0 Å². The Kier molecular flexibility index (Phi) is 6.76. The second-order valence-corrected chi connectivity index (χ2v) is 2.13. The molecule has 0 aliphatic carbocycles. The molecule has 1 aromatic rings. The third-order valence-electron chi connectivity index (χ3n) is 1.38. The molecule has 0 spiro atoms. The van der Waals surface area contributed by atoms with Gasteiger partial charge >= 0.3 is 51.4 Å². The van der Waals surface area contributed by atoms with Crippen LogP contribution in [-0.4, -0.2) is 0 Å². The maximum absolute atomic E-state index is 5.42. The Bertz CT molecular complexity index is 194. The van der Waals surface area contributed by atoms with E-state index in [1.165, 1.54) is 0 Å². The van der Waals surface area contributed by atoms with Crippen molar-refractivity contribution < 1.29 is 51.4 Å². The zero-order valence-corrected chi connectivity index (χ0v) is 9.92. The van der Waals surface area contributed by atoms with Crippen LogP contribution in [0.2, 0.25) is 0 Å². The van der Waals surface area contributed by atoms with Gasteiger partial charge in [-0.2, -0.15) is 24.3 Å². The number of hydrogen-bond donors (Lipinski definition) is 2. The molecule has 0 saturated carbocycles. The van der Waals surface area contributed by atoms with Crippen LogP contribution < -0.4 is 62.9 Å². The van der Waals surface area contributed by atoms with Crippen LogP contribution in [0, 0.1) is 6.07 Å². The molecule has 0 heterocycles. The monoisotopic (exact) mass is 174 g/mol. The molecule has 1 aromatic carbocycles. The maximum atomic E-state index is 5.42. The smallest absolute Gasteiger partial charge is 0.328 e. The molecule has 1 rings (SSSR count). The molecule has 0 bridgehead atoms. The third kappa shape index (κ3) is 3.80. The molecule has 0 saturated heterocycles. The van der Waals surface area contributed by atoms with E-state index in [1.54, 1.807) is 0 Å². The Hall–Kier alpha value is 0.776. The van der Waals surface area contributed by atoms with E-state index in [2.05, 4.69) is 6.07 Å². The maximum Gasteiger partial charge on any atom is 1.00 e. The summed E-state index contributed by atoms with van der Waals surface area (Å²) in [5, 5.41) is 0. The minimum absolute atomic E-state index is 0. The summed E-state index contributed by atoms with van der Waals surface area (Å²) in [6, 6.07) is 8.78. The van der Waals surface area contributed by atoms with Crippen LogP contribution >= 0.6 is 0 Å². The van der Waals surface area contributed by atoms with Crippen LogP contribution in [0.4, 0.5) is 0 Å². The average Bonchev–Trinajstić information content (AvgIpc) is 2.05. The summed E-state index contributed by atoms with van der Waals surface area (Å²) in [7, 11) is 0. The normalized spacial score (nSPS) is 8.91. The van der Waals surface area contributed by atoms with Crippen LogP contribution in [0.5, 0.6) is 0 Å². The topological polar surface area (TPSA) is 52.0 Å². The van der Waals surface area contributed by atoms with Crippen LogP contribution in [-0.2, 0) is 13.1 Å². The van der Waals surface area contributed by atoms with Gasteiger partial charge in [-0.3, -0.25) is 0 Å². The van der Waals surface area contributed by atoms with E-state index in [9.17, 15) is 0 Å². The summed E-state index contributed by atoms with van der Waals surface area (Å²) in [5.41, 5.74) is 12.9. The molecule has 0 atom stereocenters. The standard InChI is InChI=1S/C8H11N2.K/c9-5-7-2-1-3-8(4-7)6-10;/h1-2,4H,5-6,9-10H2;/q-1;+1. The van der Waals surface area contributed by atoms with Gasteiger partial charge in [0, 0.05) is 0 Å². The zero-order chi connectivity index (χ0) is 7.40. The van der Waals surface area contributed by atoms with E-state index in [0.29, 0.717) is 13.1 Å². The summed E-state index contributed by atoms with van der Waals surface area (Å²) in [5.74, 6) is 0. The summed E-state index contributed by atoms with van der Waals surface area (Å²) in [4.78, 5) is 0. The van der Waals surface area contributed by atoms with Gasteiger partial charge in [-0.05, 0) is 13.1 Å². The first kappa shape index (κ1) is 11.8. The second kappa shape index (κ2) is 6.31. The van der Waals surface area contributed by atoms with Crippen molar-refractivity contribution in [2.45, 2.75) is 13.1 Å². The number of nitrogens with two attached hydrogens (primary N) is 2. The molecule has 0 unspecified atom stereocenters. The summed E-state index contributed by atoms with van der Waals surface area (Å²) >= 11 is 0. The van der Waals surface area contributed by atoms with Crippen molar-refractivity contribution in [1.82, 2.24) is 0 Å². The fourth-order valence-electron chi connectivity index (χ4n) is 0.814. The first-order valence-corrected chi connectivity index (χ1v) is 3.26. The Morgan fingerprint density at radius 2 is 2.00 bits per heavy atom. The van der Waals surface area contributed by atoms with Crippen LogP contribution in [0.1, 0.15) is 11.1 Å². The minimum Gasteiger partial charge on any atom is -0.328 e. The van der Waals surface area contributed by atoms with Crippen molar-refractivity contribution in [3.8, 4) is 0 Å². The molecule has 0 aromatic heterocycles. The molecule has 0 fully saturated rings. The van der Waals surface area contributed by atoms with Crippen LogP contribution in [0.25, 0.3) is 0 Å². The zero-order valence-electron chi connectivity index (χ0n) is 6.80. The molecule has 0 aliphatic rings. The Balaban J connectivity index is 0.000001000. The molecule has 2 nitrogen and oxygen atoms in total. The van der Waals surface area contributed by atoms with E-state index in [-0.39, 0.29) is 51.4 Å². The molecule has 0 aliphatic heterocycles. The van der Waals surface area contributed by atoms with Gasteiger partial charge in [-0.1, -0.05) is 0 Å². The largest absolute Gasteiger partial charge is 1.00 e. The van der Waals surface area contributed by atoms with Gasteiger partial charge in [-0.15, -0.1) is 11.1 Å². The van der Waals surface area contributed by atoms with Gasteiger partial charge in [0.15, 0.2) is 0 Å². The second-order valence-electron chi connectivity index (χ2n) is 2.13. The van der Waals surface area contributed by atoms with Gasteiger partial charge in [0.1, 0.15) is 0 Å². The molecule has 0 amide bonds. The Morgan fingerprint density at radius 1 is 1.27 bits per heavy atom. The molecular weight excluding hydrogens is 163 g/mol. The van der Waals surface area contributed by atoms with Crippen molar-refractivity contribution in [2.75, 3.05) is 0 Å². The average molecular weight is 174 g/mol. The summed E-state index contributed by atoms with van der Waals surface area (Å²) < 4.78 is 0. The predicted octanol–water partition coefficient (Wildman–Crippen LogP) is -2.59.